The number of amides is 2. The Morgan fingerprint density at radius 3 is 2.95 bits per heavy atom. The Labute approximate surface area is 111 Å². The number of hydrogen-bond acceptors (Lipinski definition) is 4. The van der Waals surface area contributed by atoms with Crippen LogP contribution in [0.5, 0.6) is 5.75 Å². The van der Waals surface area contributed by atoms with E-state index in [1.54, 1.807) is 7.11 Å². The molecule has 0 aromatic heterocycles. The normalized spacial score (nSPS) is 18.1. The molecule has 1 aliphatic heterocycles. The molecule has 0 bridgehead atoms. The van der Waals surface area contributed by atoms with Crippen LogP contribution in [0, 0.1) is 0 Å². The summed E-state index contributed by atoms with van der Waals surface area (Å²) in [5.74, 6) is 0.443. The maximum absolute atomic E-state index is 11.7. The summed E-state index contributed by atoms with van der Waals surface area (Å²) in [6.45, 7) is 0.356. The van der Waals surface area contributed by atoms with E-state index in [0.29, 0.717) is 5.75 Å². The fraction of sp³-hybridized carbons (Fsp3) is 0.385. The minimum Gasteiger partial charge on any atom is -0.496 e. The van der Waals surface area contributed by atoms with Gasteiger partial charge in [0.1, 0.15) is 18.4 Å². The number of nitrogens with zero attached hydrogens (tertiary/aromatic N) is 1. The highest BCUT2D eigenvalue weighted by atomic mass is 16.6. The van der Waals surface area contributed by atoms with Gasteiger partial charge in [-0.3, -0.25) is 9.69 Å². The van der Waals surface area contributed by atoms with E-state index in [2.05, 4.69) is 5.32 Å². The average Bonchev–Trinajstić information content (AvgIpc) is 2.80. The van der Waals surface area contributed by atoms with E-state index in [0.717, 1.165) is 5.56 Å². The van der Waals surface area contributed by atoms with Gasteiger partial charge < -0.3 is 14.8 Å². The van der Waals surface area contributed by atoms with Gasteiger partial charge in [-0.25, -0.2) is 4.79 Å². The van der Waals surface area contributed by atoms with E-state index in [9.17, 15) is 9.59 Å². The molecule has 0 aliphatic carbocycles. The minimum atomic E-state index is -0.595. The second-order valence-corrected chi connectivity index (χ2v) is 4.15. The third-order valence-corrected chi connectivity index (χ3v) is 3.06. The van der Waals surface area contributed by atoms with Crippen LogP contribution in [0.15, 0.2) is 24.3 Å². The summed E-state index contributed by atoms with van der Waals surface area (Å²) in [7, 11) is 3.10. The highest BCUT2D eigenvalue weighted by Gasteiger charge is 2.37. The fourth-order valence-electron chi connectivity index (χ4n) is 2.03. The number of carbonyl (C=O) groups excluding carboxylic acids is 2. The summed E-state index contributed by atoms with van der Waals surface area (Å²) in [6.07, 6.45) is -0.487. The Kier molecular flexibility index (Phi) is 3.89. The highest BCUT2D eigenvalue weighted by molar-refractivity contribution is 5.87. The molecule has 1 atom stereocenters. The zero-order chi connectivity index (χ0) is 13.8. The van der Waals surface area contributed by atoms with Crippen LogP contribution in [0.2, 0.25) is 0 Å². The number of ether oxygens (including phenoxy) is 2. The average molecular weight is 264 g/mol. The van der Waals surface area contributed by atoms with Crippen molar-refractivity contribution in [3.05, 3.63) is 29.8 Å². The van der Waals surface area contributed by atoms with Crippen molar-refractivity contribution in [2.75, 3.05) is 20.8 Å². The largest absolute Gasteiger partial charge is 0.496 e. The van der Waals surface area contributed by atoms with Crippen molar-refractivity contribution >= 4 is 12.0 Å². The SMILES string of the molecule is CNC(=O)[C@@H]1COC(=O)N1Cc1ccccc1OC. The number of hydrogen-bond donors (Lipinski definition) is 1. The molecule has 19 heavy (non-hydrogen) atoms. The molecule has 1 aromatic carbocycles. The van der Waals surface area contributed by atoms with Crippen LogP contribution in [0.4, 0.5) is 4.79 Å². The number of likely N-dealkylation sites (N-methyl/N-ethyl adjacent to an activating group) is 1. The van der Waals surface area contributed by atoms with Gasteiger partial charge in [0.15, 0.2) is 0 Å². The van der Waals surface area contributed by atoms with Gasteiger partial charge in [-0.15, -0.1) is 0 Å². The van der Waals surface area contributed by atoms with Crippen molar-refractivity contribution in [2.45, 2.75) is 12.6 Å². The first kappa shape index (κ1) is 13.2. The van der Waals surface area contributed by atoms with Gasteiger partial charge in [0.2, 0.25) is 5.91 Å². The summed E-state index contributed by atoms with van der Waals surface area (Å²) in [6, 6.07) is 6.77. The van der Waals surface area contributed by atoms with Crippen LogP contribution in [0.25, 0.3) is 0 Å². The van der Waals surface area contributed by atoms with Crippen molar-refractivity contribution in [3.63, 3.8) is 0 Å². The predicted octanol–water partition coefficient (Wildman–Crippen LogP) is 0.762. The number of cyclic esters (lactones) is 1. The molecule has 2 rings (SSSR count). The first-order valence-electron chi connectivity index (χ1n) is 5.94. The molecular weight excluding hydrogens is 248 g/mol. The molecule has 0 radical (unpaired) electrons. The Morgan fingerprint density at radius 2 is 2.26 bits per heavy atom. The summed E-state index contributed by atoms with van der Waals surface area (Å²) in [4.78, 5) is 24.8. The van der Waals surface area contributed by atoms with E-state index in [1.807, 2.05) is 24.3 Å². The van der Waals surface area contributed by atoms with Gasteiger partial charge in [0.05, 0.1) is 13.7 Å². The lowest BCUT2D eigenvalue weighted by Crippen LogP contribution is -2.44. The molecule has 1 N–H and O–H groups in total. The molecule has 1 heterocycles. The van der Waals surface area contributed by atoms with Crippen LogP contribution in [0.3, 0.4) is 0 Å². The molecule has 1 aliphatic rings. The zero-order valence-corrected chi connectivity index (χ0v) is 10.9. The number of rotatable bonds is 4. The zero-order valence-electron chi connectivity index (χ0n) is 10.9. The first-order valence-corrected chi connectivity index (χ1v) is 5.94. The van der Waals surface area contributed by atoms with Gasteiger partial charge in [0, 0.05) is 12.6 Å². The number of nitrogens with one attached hydrogen (secondary N) is 1. The van der Waals surface area contributed by atoms with Crippen molar-refractivity contribution in [3.8, 4) is 5.75 Å². The Hall–Kier alpha value is -2.24. The smallest absolute Gasteiger partial charge is 0.410 e. The number of carbonyl (C=O) groups is 2. The number of benzene rings is 1. The van der Waals surface area contributed by atoms with Gasteiger partial charge in [-0.05, 0) is 6.07 Å². The van der Waals surface area contributed by atoms with E-state index in [4.69, 9.17) is 9.47 Å². The van der Waals surface area contributed by atoms with Crippen LogP contribution in [0.1, 0.15) is 5.56 Å². The molecular formula is C13H16N2O4. The Balaban J connectivity index is 2.20. The van der Waals surface area contributed by atoms with Crippen LogP contribution in [-0.2, 0) is 16.1 Å². The third-order valence-electron chi connectivity index (χ3n) is 3.06. The monoisotopic (exact) mass is 264 g/mol. The summed E-state index contributed by atoms with van der Waals surface area (Å²) in [5, 5.41) is 2.53. The highest BCUT2D eigenvalue weighted by Crippen LogP contribution is 2.23. The van der Waals surface area contributed by atoms with Gasteiger partial charge in [0.25, 0.3) is 0 Å². The van der Waals surface area contributed by atoms with Crippen LogP contribution >= 0.6 is 0 Å². The second kappa shape index (κ2) is 5.60. The predicted molar refractivity (Wildman–Crippen MR) is 67.7 cm³/mol. The van der Waals surface area contributed by atoms with Crippen molar-refractivity contribution < 1.29 is 19.1 Å². The lowest BCUT2D eigenvalue weighted by atomic mass is 10.1. The summed E-state index contributed by atoms with van der Waals surface area (Å²) >= 11 is 0. The van der Waals surface area contributed by atoms with E-state index in [-0.39, 0.29) is 19.1 Å². The summed E-state index contributed by atoms with van der Waals surface area (Å²) in [5.41, 5.74) is 0.831. The molecule has 0 spiro atoms. The standard InChI is InChI=1S/C13H16N2O4/c1-14-12(16)10-8-19-13(17)15(10)7-9-5-3-4-6-11(9)18-2/h3-6,10H,7-8H2,1-2H3,(H,14,16)/t10-/m0/s1. The molecule has 0 saturated carbocycles. The molecule has 2 amide bonds. The lowest BCUT2D eigenvalue weighted by molar-refractivity contribution is -0.124. The number of para-hydroxylation sites is 1. The van der Waals surface area contributed by atoms with Gasteiger partial charge >= 0.3 is 6.09 Å². The van der Waals surface area contributed by atoms with Crippen molar-refractivity contribution in [1.29, 1.82) is 0 Å². The lowest BCUT2D eigenvalue weighted by Gasteiger charge is -2.21. The quantitative estimate of drug-likeness (QED) is 0.872. The van der Waals surface area contributed by atoms with E-state index in [1.165, 1.54) is 11.9 Å². The molecule has 1 aromatic rings. The number of methoxy groups -OCH3 is 1. The molecule has 102 valence electrons. The maximum atomic E-state index is 11.7. The van der Waals surface area contributed by atoms with Gasteiger partial charge in [-0.2, -0.15) is 0 Å². The van der Waals surface area contributed by atoms with E-state index < -0.39 is 12.1 Å². The van der Waals surface area contributed by atoms with Crippen LogP contribution in [-0.4, -0.2) is 43.7 Å². The fourth-order valence-corrected chi connectivity index (χ4v) is 2.03. The molecule has 1 saturated heterocycles. The Bertz CT molecular complexity index is 489. The second-order valence-electron chi connectivity index (χ2n) is 4.15. The van der Waals surface area contributed by atoms with Crippen LogP contribution < -0.4 is 10.1 Å². The molecule has 0 unspecified atom stereocenters. The molecule has 1 fully saturated rings. The van der Waals surface area contributed by atoms with Gasteiger partial charge in [-0.1, -0.05) is 18.2 Å². The van der Waals surface area contributed by atoms with Crippen molar-refractivity contribution in [2.24, 2.45) is 0 Å². The Morgan fingerprint density at radius 1 is 1.53 bits per heavy atom. The van der Waals surface area contributed by atoms with E-state index >= 15 is 0 Å². The third kappa shape index (κ3) is 2.62. The summed E-state index contributed by atoms with van der Waals surface area (Å²) < 4.78 is 10.2. The maximum Gasteiger partial charge on any atom is 0.410 e. The van der Waals surface area contributed by atoms with Crippen molar-refractivity contribution in [1.82, 2.24) is 10.2 Å². The topological polar surface area (TPSA) is 67.9 Å². The first-order chi connectivity index (χ1) is 9.17. The molecule has 6 heteroatoms. The molecule has 6 nitrogen and oxygen atoms in total. The minimum absolute atomic E-state index is 0.0770.